The van der Waals surface area contributed by atoms with Crippen molar-refractivity contribution in [3.8, 4) is 12.0 Å². The van der Waals surface area contributed by atoms with Gasteiger partial charge < -0.3 is 5.11 Å². The molecule has 1 atom stereocenters. The molecular formula is C6H6N2OS. The Morgan fingerprint density at radius 1 is 1.80 bits per heavy atom. The Hall–Kier alpha value is -1.05. The Morgan fingerprint density at radius 2 is 2.50 bits per heavy atom. The molecule has 0 aromatic heterocycles. The van der Waals surface area contributed by atoms with E-state index in [1.807, 2.05) is 0 Å². The number of hydrazine groups is 1. The van der Waals surface area contributed by atoms with Crippen LogP contribution in [0.25, 0.3) is 0 Å². The van der Waals surface area contributed by atoms with Crippen LogP contribution >= 0.6 is 12.2 Å². The molecule has 1 aliphatic rings. The molecule has 3 N–H and O–H groups in total. The Kier molecular flexibility index (Phi) is 1.90. The Morgan fingerprint density at radius 3 is 2.90 bits per heavy atom. The topological polar surface area (TPSA) is 49.5 Å². The number of aliphatic hydroxyl groups is 1. The van der Waals surface area contributed by atoms with E-state index < -0.39 is 0 Å². The third-order valence-electron chi connectivity index (χ3n) is 1.05. The second-order valence-corrected chi connectivity index (χ2v) is 2.24. The molecule has 52 valence electrons. The molecule has 0 aromatic carbocycles. The van der Waals surface area contributed by atoms with E-state index in [4.69, 9.17) is 10.9 Å². The number of aliphatic hydroxyl groups excluding tert-OH is 1. The number of hydrogen-bond donors (Lipinski definition) is 2. The number of rotatable bonds is 1. The molecular weight excluding hydrogens is 148 g/mol. The summed E-state index contributed by atoms with van der Waals surface area (Å²) >= 11 is 4.50. The molecule has 0 spiro atoms. The van der Waals surface area contributed by atoms with Gasteiger partial charge in [0.25, 0.3) is 0 Å². The van der Waals surface area contributed by atoms with Gasteiger partial charge in [0.05, 0.1) is 0 Å². The summed E-state index contributed by atoms with van der Waals surface area (Å²) in [6.07, 6.45) is 3.20. The minimum Gasteiger partial charge on any atom is -0.501 e. The van der Waals surface area contributed by atoms with Crippen molar-refractivity contribution < 1.29 is 5.11 Å². The van der Waals surface area contributed by atoms with Crippen molar-refractivity contribution in [2.45, 2.75) is 0 Å². The predicted octanol–water partition coefficient (Wildman–Crippen LogP) is 0.152. The fourth-order valence-electron chi connectivity index (χ4n) is 0.552. The average Bonchev–Trinajstić information content (AvgIpc) is 1.88. The van der Waals surface area contributed by atoms with Gasteiger partial charge in [-0.2, -0.15) is 0 Å². The molecule has 0 aromatic rings. The first-order chi connectivity index (χ1) is 4.70. The van der Waals surface area contributed by atoms with Crippen LogP contribution in [0.5, 0.6) is 0 Å². The molecule has 3 nitrogen and oxygen atoms in total. The van der Waals surface area contributed by atoms with Crippen molar-refractivity contribution in [1.82, 2.24) is 5.01 Å². The van der Waals surface area contributed by atoms with Crippen LogP contribution in [0.3, 0.4) is 0 Å². The third kappa shape index (κ3) is 1.47. The Labute approximate surface area is 64.1 Å². The summed E-state index contributed by atoms with van der Waals surface area (Å²) in [7, 11) is 0. The van der Waals surface area contributed by atoms with Gasteiger partial charge in [0.1, 0.15) is 5.92 Å². The lowest BCUT2D eigenvalue weighted by molar-refractivity contribution is 0.529. The van der Waals surface area contributed by atoms with Gasteiger partial charge in [-0.3, -0.25) is 0 Å². The highest BCUT2D eigenvalue weighted by Crippen LogP contribution is 2.02. The monoisotopic (exact) mass is 154 g/mol. The molecule has 1 rings (SSSR count). The number of nitrogens with two attached hydrogens (primary N) is 1. The van der Waals surface area contributed by atoms with Gasteiger partial charge in [-0.05, 0) is 18.3 Å². The predicted molar refractivity (Wildman–Crippen MR) is 41.7 cm³/mol. The van der Waals surface area contributed by atoms with Crippen molar-refractivity contribution in [3.63, 3.8) is 0 Å². The van der Waals surface area contributed by atoms with E-state index in [0.29, 0.717) is 0 Å². The van der Waals surface area contributed by atoms with Crippen LogP contribution in [0.4, 0.5) is 0 Å². The fourth-order valence-corrected chi connectivity index (χ4v) is 0.690. The maximum Gasteiger partial charge on any atom is 0.176 e. The van der Waals surface area contributed by atoms with Crippen LogP contribution in [-0.2, 0) is 0 Å². The number of thiocarbonyl (C=S) groups is 1. The van der Waals surface area contributed by atoms with Crippen molar-refractivity contribution in [3.05, 3.63) is 12.3 Å². The minimum atomic E-state index is -0.338. The van der Waals surface area contributed by atoms with E-state index in [9.17, 15) is 0 Å². The van der Waals surface area contributed by atoms with Gasteiger partial charge in [-0.1, -0.05) is 5.92 Å². The second-order valence-electron chi connectivity index (χ2n) is 1.82. The standard InChI is InChI=1S/C6H6N2OS/c7-8-3-1-5(2-4-8)6(9)10/h1,3,5H,7H2,(H,9,10). The van der Waals surface area contributed by atoms with Crippen molar-refractivity contribution in [1.29, 1.82) is 0 Å². The molecule has 1 aliphatic heterocycles. The molecule has 1 unspecified atom stereocenters. The van der Waals surface area contributed by atoms with Gasteiger partial charge in [0.2, 0.25) is 0 Å². The summed E-state index contributed by atoms with van der Waals surface area (Å²) in [6, 6.07) is 2.54. The summed E-state index contributed by atoms with van der Waals surface area (Å²) in [4.78, 5) is 0. The van der Waals surface area contributed by atoms with E-state index in [2.05, 4.69) is 24.2 Å². The van der Waals surface area contributed by atoms with Crippen LogP contribution in [0.1, 0.15) is 0 Å². The van der Waals surface area contributed by atoms with Gasteiger partial charge in [-0.25, -0.2) is 10.9 Å². The first kappa shape index (κ1) is 7.06. The molecule has 0 amide bonds. The third-order valence-corrected chi connectivity index (χ3v) is 1.31. The van der Waals surface area contributed by atoms with E-state index in [1.165, 1.54) is 5.01 Å². The normalized spacial score (nSPS) is 21.7. The average molecular weight is 154 g/mol. The molecule has 0 saturated carbocycles. The molecule has 0 aliphatic carbocycles. The van der Waals surface area contributed by atoms with Crippen molar-refractivity contribution >= 4 is 17.3 Å². The molecule has 4 heteroatoms. The van der Waals surface area contributed by atoms with Gasteiger partial charge in [0, 0.05) is 12.2 Å². The SMILES string of the molecule is NN1C#CC(C(O)=S)C=C1. The molecule has 0 radical (unpaired) electrons. The van der Waals surface area contributed by atoms with Gasteiger partial charge >= 0.3 is 0 Å². The molecule has 10 heavy (non-hydrogen) atoms. The lowest BCUT2D eigenvalue weighted by Crippen LogP contribution is -2.23. The maximum absolute atomic E-state index is 8.78. The van der Waals surface area contributed by atoms with Gasteiger partial charge in [-0.15, -0.1) is 0 Å². The molecule has 0 fully saturated rings. The minimum absolute atomic E-state index is 0.114. The molecule has 0 bridgehead atoms. The first-order valence-electron chi connectivity index (χ1n) is 2.66. The quantitative estimate of drug-likeness (QED) is 0.321. The smallest absolute Gasteiger partial charge is 0.176 e. The van der Waals surface area contributed by atoms with Crippen molar-refractivity contribution in [2.24, 2.45) is 11.8 Å². The number of hydrogen-bond acceptors (Lipinski definition) is 3. The van der Waals surface area contributed by atoms with Gasteiger partial charge in [0.15, 0.2) is 5.05 Å². The molecule has 1 heterocycles. The molecule has 0 saturated heterocycles. The zero-order chi connectivity index (χ0) is 7.56. The van der Waals surface area contributed by atoms with E-state index in [0.717, 1.165) is 0 Å². The lowest BCUT2D eigenvalue weighted by atomic mass is 10.1. The maximum atomic E-state index is 8.78. The summed E-state index contributed by atoms with van der Waals surface area (Å²) < 4.78 is 0. The highest BCUT2D eigenvalue weighted by molar-refractivity contribution is 7.80. The second kappa shape index (κ2) is 2.69. The van der Waals surface area contributed by atoms with Crippen LogP contribution in [0.15, 0.2) is 12.3 Å². The van der Waals surface area contributed by atoms with Crippen molar-refractivity contribution in [2.75, 3.05) is 0 Å². The lowest BCUT2D eigenvalue weighted by Gasteiger charge is -2.09. The summed E-state index contributed by atoms with van der Waals surface area (Å²) in [6.45, 7) is 0. The van der Waals surface area contributed by atoms with E-state index >= 15 is 0 Å². The fraction of sp³-hybridized carbons (Fsp3) is 0.167. The summed E-state index contributed by atoms with van der Waals surface area (Å²) in [5, 5.41) is 9.88. The zero-order valence-corrected chi connectivity index (χ0v) is 5.93. The zero-order valence-electron chi connectivity index (χ0n) is 5.11. The first-order valence-corrected chi connectivity index (χ1v) is 3.07. The van der Waals surface area contributed by atoms with E-state index in [-0.39, 0.29) is 11.0 Å². The number of nitrogens with zero attached hydrogens (tertiary/aromatic N) is 1. The highest BCUT2D eigenvalue weighted by atomic mass is 32.1. The van der Waals surface area contributed by atoms with Crippen LogP contribution in [-0.4, -0.2) is 15.2 Å². The van der Waals surface area contributed by atoms with E-state index in [1.54, 1.807) is 12.3 Å². The Balaban J connectivity index is 2.70. The van der Waals surface area contributed by atoms with Crippen LogP contribution in [0.2, 0.25) is 0 Å². The largest absolute Gasteiger partial charge is 0.501 e. The van der Waals surface area contributed by atoms with Crippen LogP contribution in [0, 0.1) is 17.9 Å². The summed E-state index contributed by atoms with van der Waals surface area (Å²) in [5.74, 6) is 7.55. The highest BCUT2D eigenvalue weighted by Gasteiger charge is 2.08. The Bertz CT molecular complexity index is 238. The summed E-state index contributed by atoms with van der Waals surface area (Å²) in [5.41, 5.74) is 0. The van der Waals surface area contributed by atoms with Crippen LogP contribution < -0.4 is 5.84 Å².